The lowest BCUT2D eigenvalue weighted by molar-refractivity contribution is -0.140. The van der Waals surface area contributed by atoms with Gasteiger partial charge in [-0.15, -0.1) is 0 Å². The van der Waals surface area contributed by atoms with Gasteiger partial charge in [0.2, 0.25) is 5.95 Å². The summed E-state index contributed by atoms with van der Waals surface area (Å²) < 4.78 is 136. The second-order valence-electron chi connectivity index (χ2n) is 7.68. The van der Waals surface area contributed by atoms with Crippen molar-refractivity contribution in [1.29, 1.82) is 0 Å². The molecule has 16 heteroatoms. The Kier molecular flexibility index (Phi) is 8.43. The van der Waals surface area contributed by atoms with Gasteiger partial charge in [-0.25, -0.2) is 14.4 Å². The normalized spacial score (nSPS) is 13.7. The molecule has 0 aliphatic rings. The lowest BCUT2D eigenvalue weighted by Crippen LogP contribution is -2.32. The molecule has 3 rings (SSSR count). The van der Waals surface area contributed by atoms with Crippen LogP contribution in [0.3, 0.4) is 0 Å². The molecular weight excluding hydrogens is 574 g/mol. The summed E-state index contributed by atoms with van der Waals surface area (Å²) in [6, 6.07) is 3.73. The van der Waals surface area contributed by atoms with Crippen molar-refractivity contribution in [2.24, 2.45) is 0 Å². The van der Waals surface area contributed by atoms with Gasteiger partial charge in [0.15, 0.2) is 0 Å². The van der Waals surface area contributed by atoms with Gasteiger partial charge in [-0.2, -0.15) is 39.5 Å². The summed E-state index contributed by atoms with van der Waals surface area (Å²) in [5.41, 5.74) is -1.94. The fourth-order valence-electron chi connectivity index (χ4n) is 3.25. The Labute approximate surface area is 217 Å². The number of hydrogen-bond acceptors (Lipinski definition) is 4. The summed E-state index contributed by atoms with van der Waals surface area (Å²) in [7, 11) is 0. The van der Waals surface area contributed by atoms with E-state index in [9.17, 15) is 48.7 Å². The highest BCUT2D eigenvalue weighted by molar-refractivity contribution is 6.31. The minimum Gasteiger partial charge on any atom is -0.267 e. The number of nitrogens with zero attached hydrogens (tertiary/aromatic N) is 2. The summed E-state index contributed by atoms with van der Waals surface area (Å²) >= 11 is 5.47. The highest BCUT2D eigenvalue weighted by atomic mass is 35.5. The van der Waals surface area contributed by atoms with Gasteiger partial charge in [0.1, 0.15) is 11.7 Å². The topological polar surface area (TPSA) is 66.9 Å². The van der Waals surface area contributed by atoms with E-state index in [1.165, 1.54) is 18.5 Å². The number of hydrogen-bond donors (Lipinski definition) is 2. The zero-order chi connectivity index (χ0) is 29.2. The monoisotopic (exact) mass is 586 g/mol. The molecule has 39 heavy (non-hydrogen) atoms. The van der Waals surface area contributed by atoms with Gasteiger partial charge in [-0.05, 0) is 42.0 Å². The molecule has 1 heterocycles. The minimum atomic E-state index is -5.27. The Morgan fingerprint density at radius 1 is 0.872 bits per heavy atom. The van der Waals surface area contributed by atoms with Crippen molar-refractivity contribution in [3.63, 3.8) is 0 Å². The first kappa shape index (κ1) is 29.7. The largest absolute Gasteiger partial charge is 0.417 e. The average molecular weight is 587 g/mol. The Hall–Kier alpha value is -3.88. The highest BCUT2D eigenvalue weighted by Crippen LogP contribution is 2.42. The van der Waals surface area contributed by atoms with E-state index in [1.54, 1.807) is 0 Å². The molecule has 0 aliphatic carbocycles. The van der Waals surface area contributed by atoms with Crippen LogP contribution in [0.2, 0.25) is 5.02 Å². The Morgan fingerprint density at radius 3 is 2.03 bits per heavy atom. The predicted octanol–water partition coefficient (Wildman–Crippen LogP) is 7.58. The van der Waals surface area contributed by atoms with Crippen molar-refractivity contribution in [2.75, 3.05) is 5.43 Å². The maximum absolute atomic E-state index is 14.9. The van der Waals surface area contributed by atoms with Crippen LogP contribution in [0.5, 0.6) is 0 Å². The van der Waals surface area contributed by atoms with Crippen LogP contribution >= 0.6 is 11.6 Å². The van der Waals surface area contributed by atoms with Gasteiger partial charge in [0, 0.05) is 18.0 Å². The molecule has 5 nitrogen and oxygen atoms in total. The minimum absolute atomic E-state index is 0.109. The highest BCUT2D eigenvalue weighted by Gasteiger charge is 2.42. The number of hydrazine groups is 1. The van der Waals surface area contributed by atoms with Crippen LogP contribution in [-0.2, 0) is 12.4 Å². The van der Waals surface area contributed by atoms with E-state index in [2.05, 4.69) is 15.4 Å². The molecule has 0 saturated heterocycles. The molecule has 0 bridgehead atoms. The molecule has 0 fully saturated rings. The number of allylic oxidation sites excluding steroid dienone is 1. The summed E-state index contributed by atoms with van der Waals surface area (Å²) in [6.45, 7) is 0. The number of alkyl halides is 9. The number of benzene rings is 2. The quantitative estimate of drug-likeness (QED) is 0.231. The number of carbonyl (C=O) groups is 1. The molecule has 1 aromatic heterocycles. The summed E-state index contributed by atoms with van der Waals surface area (Å²) in [6.07, 6.45) is -13.1. The van der Waals surface area contributed by atoms with Crippen molar-refractivity contribution in [3.05, 3.63) is 93.8 Å². The SMILES string of the molecule is O=C(NNc1ncccn1)c1ccc(C(F)=CC(c2ccc(C(F)(F)F)c(Cl)c2)C(F)(F)F)cc1C(F)(F)F. The fraction of sp³-hybridized carbons (Fsp3) is 0.174. The van der Waals surface area contributed by atoms with E-state index in [1.807, 2.05) is 5.43 Å². The van der Waals surface area contributed by atoms with Gasteiger partial charge >= 0.3 is 18.5 Å². The van der Waals surface area contributed by atoms with Crippen LogP contribution in [0.1, 0.15) is 38.5 Å². The van der Waals surface area contributed by atoms with E-state index >= 15 is 0 Å². The molecule has 2 N–H and O–H groups in total. The van der Waals surface area contributed by atoms with Crippen LogP contribution < -0.4 is 10.9 Å². The standard InChI is InChI=1S/C23H13ClF10N4O/c24-17-9-11(3-5-14(17)21(26,27)28)15(22(29,30)31)10-18(25)12-2-4-13(16(8-12)23(32,33)34)19(39)37-38-20-35-6-1-7-36-20/h1-10,15H,(H,37,39)(H,35,36,38). The maximum atomic E-state index is 14.9. The first-order chi connectivity index (χ1) is 18.0. The third kappa shape index (κ3) is 7.37. The number of aromatic nitrogens is 2. The van der Waals surface area contributed by atoms with Crippen molar-refractivity contribution in [3.8, 4) is 0 Å². The van der Waals surface area contributed by atoms with Crippen LogP contribution in [0, 0.1) is 0 Å². The van der Waals surface area contributed by atoms with Crippen molar-refractivity contribution in [1.82, 2.24) is 15.4 Å². The summed E-state index contributed by atoms with van der Waals surface area (Å²) in [5.74, 6) is -6.18. The molecule has 3 aromatic rings. The van der Waals surface area contributed by atoms with Gasteiger partial charge < -0.3 is 0 Å². The molecule has 0 radical (unpaired) electrons. The smallest absolute Gasteiger partial charge is 0.267 e. The maximum Gasteiger partial charge on any atom is 0.417 e. The Bertz CT molecular complexity index is 1370. The molecule has 0 aliphatic heterocycles. The van der Waals surface area contributed by atoms with Gasteiger partial charge in [-0.1, -0.05) is 23.7 Å². The van der Waals surface area contributed by atoms with E-state index in [4.69, 9.17) is 11.6 Å². The number of carbonyl (C=O) groups excluding carboxylic acids is 1. The predicted molar refractivity (Wildman–Crippen MR) is 119 cm³/mol. The first-order valence-electron chi connectivity index (χ1n) is 10.3. The number of halogens is 11. The third-order valence-corrected chi connectivity index (χ3v) is 5.33. The van der Waals surface area contributed by atoms with E-state index in [-0.39, 0.29) is 24.2 Å². The summed E-state index contributed by atoms with van der Waals surface area (Å²) in [5, 5.41) is -1.09. The number of rotatable bonds is 6. The lowest BCUT2D eigenvalue weighted by Gasteiger charge is -2.19. The van der Waals surface area contributed by atoms with Crippen LogP contribution in [0.15, 0.2) is 60.9 Å². The second-order valence-corrected chi connectivity index (χ2v) is 8.09. The molecule has 1 amide bonds. The van der Waals surface area contributed by atoms with Gasteiger partial charge in [0.25, 0.3) is 5.91 Å². The first-order valence-corrected chi connectivity index (χ1v) is 10.7. The zero-order valence-electron chi connectivity index (χ0n) is 18.8. The second kappa shape index (κ2) is 11.1. The van der Waals surface area contributed by atoms with Crippen molar-refractivity contribution >= 4 is 29.3 Å². The number of nitrogens with one attached hydrogen (secondary N) is 2. The number of anilines is 1. The van der Waals surface area contributed by atoms with E-state index < -0.39 is 69.0 Å². The molecule has 1 atom stereocenters. The zero-order valence-corrected chi connectivity index (χ0v) is 19.6. The Morgan fingerprint density at radius 2 is 1.49 bits per heavy atom. The van der Waals surface area contributed by atoms with Crippen LogP contribution in [-0.4, -0.2) is 22.1 Å². The molecule has 0 saturated carbocycles. The Balaban J connectivity index is 1.98. The lowest BCUT2D eigenvalue weighted by atomic mass is 9.94. The average Bonchev–Trinajstić information content (AvgIpc) is 2.83. The van der Waals surface area contributed by atoms with Crippen LogP contribution in [0.4, 0.5) is 49.9 Å². The molecule has 2 aromatic carbocycles. The summed E-state index contributed by atoms with van der Waals surface area (Å²) in [4.78, 5) is 19.7. The van der Waals surface area contributed by atoms with Crippen molar-refractivity contribution < 1.29 is 48.7 Å². The van der Waals surface area contributed by atoms with Crippen LogP contribution in [0.25, 0.3) is 5.83 Å². The molecule has 208 valence electrons. The fourth-order valence-corrected chi connectivity index (χ4v) is 3.54. The molecule has 1 unspecified atom stereocenters. The van der Waals surface area contributed by atoms with E-state index in [0.29, 0.717) is 24.3 Å². The van der Waals surface area contributed by atoms with Gasteiger partial charge in [0.05, 0.1) is 21.7 Å². The van der Waals surface area contributed by atoms with E-state index in [0.717, 1.165) is 0 Å². The van der Waals surface area contributed by atoms with Crippen molar-refractivity contribution in [2.45, 2.75) is 24.4 Å². The molecule has 0 spiro atoms. The molecular formula is C23H13ClF10N4O. The third-order valence-electron chi connectivity index (χ3n) is 5.02. The number of amides is 1. The van der Waals surface area contributed by atoms with Gasteiger partial charge in [-0.3, -0.25) is 15.6 Å².